The maximum absolute atomic E-state index is 2.43. The van der Waals surface area contributed by atoms with E-state index in [1.165, 1.54) is 61.2 Å². The maximum Gasteiger partial charge on any atom is 0.0159 e. The van der Waals surface area contributed by atoms with Gasteiger partial charge in [-0.3, -0.25) is 0 Å². The van der Waals surface area contributed by atoms with E-state index in [0.29, 0.717) is 0 Å². The van der Waals surface area contributed by atoms with Gasteiger partial charge in [-0.1, -0.05) is 100.0 Å². The van der Waals surface area contributed by atoms with E-state index in [1.807, 2.05) is 0 Å². The zero-order valence-electron chi connectivity index (χ0n) is 19.0. The molecule has 0 atom stereocenters. The van der Waals surface area contributed by atoms with E-state index in [1.54, 1.807) is 0 Å². The van der Waals surface area contributed by atoms with Gasteiger partial charge in [-0.15, -0.1) is 0 Å². The second-order valence-corrected chi connectivity index (χ2v) is 10.4. The average molecular weight is 401 g/mol. The molecule has 0 amide bonds. The van der Waals surface area contributed by atoms with E-state index in [2.05, 4.69) is 113 Å². The Labute approximate surface area is 185 Å². The fourth-order valence-electron chi connectivity index (χ4n) is 5.91. The molecule has 0 spiro atoms. The molecule has 0 fully saturated rings. The first-order chi connectivity index (χ1) is 14.8. The highest BCUT2D eigenvalue weighted by molar-refractivity contribution is 5.86. The van der Waals surface area contributed by atoms with Gasteiger partial charge >= 0.3 is 0 Å². The quantitative estimate of drug-likeness (QED) is 0.301. The summed E-state index contributed by atoms with van der Waals surface area (Å²) in [6.07, 6.45) is 0. The van der Waals surface area contributed by atoms with Gasteiger partial charge < -0.3 is 0 Å². The normalized spacial score (nSPS) is 16.4. The van der Waals surface area contributed by atoms with Crippen LogP contribution in [0.15, 0.2) is 78.9 Å². The van der Waals surface area contributed by atoms with Crippen molar-refractivity contribution in [2.24, 2.45) is 0 Å². The summed E-state index contributed by atoms with van der Waals surface area (Å²) in [5.41, 5.74) is 15.3. The minimum Gasteiger partial charge on any atom is -0.0619 e. The number of fused-ring (bicyclic) bond motifs is 6. The van der Waals surface area contributed by atoms with Crippen LogP contribution in [0.25, 0.3) is 33.4 Å². The van der Waals surface area contributed by atoms with E-state index < -0.39 is 0 Å². The van der Waals surface area contributed by atoms with E-state index in [4.69, 9.17) is 0 Å². The molecule has 2 aliphatic carbocycles. The van der Waals surface area contributed by atoms with Gasteiger partial charge in [0.1, 0.15) is 0 Å². The predicted octanol–water partition coefficient (Wildman–Crippen LogP) is 8.27. The summed E-state index contributed by atoms with van der Waals surface area (Å²) in [6, 6.07) is 29.9. The highest BCUT2D eigenvalue weighted by atomic mass is 14.4. The Morgan fingerprint density at radius 1 is 0.452 bits per heavy atom. The zero-order chi connectivity index (χ0) is 21.5. The summed E-state index contributed by atoms with van der Waals surface area (Å²) in [4.78, 5) is 0. The van der Waals surface area contributed by atoms with Crippen LogP contribution in [-0.4, -0.2) is 0 Å². The molecule has 4 aromatic rings. The molecule has 6 rings (SSSR count). The number of benzene rings is 4. The van der Waals surface area contributed by atoms with E-state index in [0.717, 1.165) is 0 Å². The second-order valence-electron chi connectivity index (χ2n) is 10.4. The lowest BCUT2D eigenvalue weighted by Gasteiger charge is -2.23. The first-order valence-corrected chi connectivity index (χ1v) is 11.3. The fourth-order valence-corrected chi connectivity index (χ4v) is 5.91. The number of aryl methyl sites for hydroxylation is 1. The van der Waals surface area contributed by atoms with Gasteiger partial charge in [0, 0.05) is 10.8 Å². The minimum absolute atomic E-state index is 0.0267. The van der Waals surface area contributed by atoms with Crippen LogP contribution in [-0.2, 0) is 10.8 Å². The second kappa shape index (κ2) is 5.98. The van der Waals surface area contributed by atoms with Crippen LogP contribution in [0.5, 0.6) is 0 Å². The molecule has 0 N–H and O–H groups in total. The Balaban J connectivity index is 1.50. The first-order valence-electron chi connectivity index (χ1n) is 11.3. The van der Waals surface area contributed by atoms with Gasteiger partial charge in [0.25, 0.3) is 0 Å². The lowest BCUT2D eigenvalue weighted by atomic mass is 9.80. The van der Waals surface area contributed by atoms with Gasteiger partial charge in [0.2, 0.25) is 0 Å². The van der Waals surface area contributed by atoms with Crippen LogP contribution in [0.2, 0.25) is 0 Å². The van der Waals surface area contributed by atoms with Crippen molar-refractivity contribution in [1.29, 1.82) is 0 Å². The Hall–Kier alpha value is -3.12. The third kappa shape index (κ3) is 2.42. The lowest BCUT2D eigenvalue weighted by molar-refractivity contribution is 0.659. The molecule has 4 aromatic carbocycles. The molecule has 0 bridgehead atoms. The third-order valence-corrected chi connectivity index (χ3v) is 7.75. The monoisotopic (exact) mass is 400 g/mol. The van der Waals surface area contributed by atoms with E-state index in [9.17, 15) is 0 Å². The van der Waals surface area contributed by atoms with Gasteiger partial charge in [-0.2, -0.15) is 0 Å². The summed E-state index contributed by atoms with van der Waals surface area (Å²) >= 11 is 0. The van der Waals surface area contributed by atoms with Crippen LogP contribution in [0.3, 0.4) is 0 Å². The largest absolute Gasteiger partial charge is 0.0619 e. The summed E-state index contributed by atoms with van der Waals surface area (Å²) in [5, 5.41) is 0. The molecule has 0 saturated carbocycles. The molecule has 0 heterocycles. The van der Waals surface area contributed by atoms with Gasteiger partial charge in [-0.25, -0.2) is 0 Å². The summed E-state index contributed by atoms with van der Waals surface area (Å²) < 4.78 is 0. The van der Waals surface area contributed by atoms with Gasteiger partial charge in [-0.05, 0) is 74.7 Å². The first kappa shape index (κ1) is 18.6. The molecule has 0 aliphatic heterocycles. The van der Waals surface area contributed by atoms with Crippen LogP contribution in [0, 0.1) is 6.92 Å². The Bertz CT molecular complexity index is 1380. The molecule has 152 valence electrons. The van der Waals surface area contributed by atoms with Crippen molar-refractivity contribution < 1.29 is 0 Å². The van der Waals surface area contributed by atoms with Crippen molar-refractivity contribution in [1.82, 2.24) is 0 Å². The molecule has 2 aliphatic rings. The average Bonchev–Trinajstić information content (AvgIpc) is 3.13. The fraction of sp³-hybridized carbons (Fsp3) is 0.226. The van der Waals surface area contributed by atoms with Crippen LogP contribution in [0.4, 0.5) is 0 Å². The number of hydrogen-bond donors (Lipinski definition) is 0. The van der Waals surface area contributed by atoms with E-state index in [-0.39, 0.29) is 10.8 Å². The van der Waals surface area contributed by atoms with Crippen molar-refractivity contribution in [2.75, 3.05) is 0 Å². The minimum atomic E-state index is 0.0267. The Kier molecular flexibility index (Phi) is 3.59. The molecule has 0 saturated heterocycles. The summed E-state index contributed by atoms with van der Waals surface area (Å²) in [7, 11) is 0. The third-order valence-electron chi connectivity index (χ3n) is 7.75. The number of rotatable bonds is 1. The van der Waals surface area contributed by atoms with Gasteiger partial charge in [0.05, 0.1) is 0 Å². The molecular weight excluding hydrogens is 372 g/mol. The van der Waals surface area contributed by atoms with Crippen LogP contribution in [0.1, 0.15) is 55.5 Å². The molecular formula is C31H28. The van der Waals surface area contributed by atoms with Gasteiger partial charge in [0.15, 0.2) is 0 Å². The SMILES string of the molecule is Cc1ccc2c(c1)C(C)(C)c1cc(-c3ccc4c(c3)C(C)(C)c3ccccc3-4)ccc1-2. The van der Waals surface area contributed by atoms with Crippen LogP contribution < -0.4 is 0 Å². The standard InChI is InChI=1S/C31H28/c1-19-10-13-23-25-15-12-21(18-29(25)31(4,5)27(23)16-19)20-11-14-24-22-8-6-7-9-26(22)30(2,3)28(24)17-20/h6-18H,1-5H3. The van der Waals surface area contributed by atoms with E-state index >= 15 is 0 Å². The highest BCUT2D eigenvalue weighted by Crippen LogP contribution is 2.52. The Morgan fingerprint density at radius 2 is 0.903 bits per heavy atom. The van der Waals surface area contributed by atoms with Crippen molar-refractivity contribution >= 4 is 0 Å². The molecule has 0 heteroatoms. The molecule has 0 aromatic heterocycles. The smallest absolute Gasteiger partial charge is 0.0159 e. The van der Waals surface area contributed by atoms with Crippen molar-refractivity contribution in [3.63, 3.8) is 0 Å². The lowest BCUT2D eigenvalue weighted by Crippen LogP contribution is -2.15. The predicted molar refractivity (Wildman–Crippen MR) is 132 cm³/mol. The maximum atomic E-state index is 2.43. The number of hydrogen-bond acceptors (Lipinski definition) is 0. The molecule has 0 radical (unpaired) electrons. The summed E-state index contributed by atoms with van der Waals surface area (Å²) in [6.45, 7) is 11.6. The zero-order valence-corrected chi connectivity index (χ0v) is 19.0. The van der Waals surface area contributed by atoms with Crippen molar-refractivity contribution in [2.45, 2.75) is 45.4 Å². The molecule has 0 nitrogen and oxygen atoms in total. The summed E-state index contributed by atoms with van der Waals surface area (Å²) in [5.74, 6) is 0. The molecule has 0 unspecified atom stereocenters. The Morgan fingerprint density at radius 3 is 1.52 bits per heavy atom. The highest BCUT2D eigenvalue weighted by Gasteiger charge is 2.37. The molecule has 31 heavy (non-hydrogen) atoms. The van der Waals surface area contributed by atoms with Crippen LogP contribution >= 0.6 is 0 Å². The topological polar surface area (TPSA) is 0 Å². The van der Waals surface area contributed by atoms with Crippen molar-refractivity contribution in [3.05, 3.63) is 107 Å². The van der Waals surface area contributed by atoms with Crippen molar-refractivity contribution in [3.8, 4) is 33.4 Å².